The van der Waals surface area contributed by atoms with Crippen LogP contribution in [-0.4, -0.2) is 29.2 Å². The zero-order chi connectivity index (χ0) is 14.4. The summed E-state index contributed by atoms with van der Waals surface area (Å²) < 4.78 is 5.74. The molecule has 0 fully saturated rings. The summed E-state index contributed by atoms with van der Waals surface area (Å²) in [5.74, 6) is 0. The second kappa shape index (κ2) is 7.31. The van der Waals surface area contributed by atoms with Gasteiger partial charge in [-0.25, -0.2) is 4.98 Å². The van der Waals surface area contributed by atoms with Crippen LogP contribution in [0.4, 0.5) is 0 Å². The maximum atomic E-state index is 5.74. The minimum absolute atomic E-state index is 0.0921. The van der Waals surface area contributed by atoms with E-state index >= 15 is 0 Å². The number of aromatic nitrogens is 2. The molecule has 0 aliphatic carbocycles. The molecule has 0 aliphatic heterocycles. The van der Waals surface area contributed by atoms with Gasteiger partial charge in [-0.3, -0.25) is 4.98 Å². The highest BCUT2D eigenvalue weighted by molar-refractivity contribution is 5.73. The molecule has 4 heteroatoms. The van der Waals surface area contributed by atoms with Crippen LogP contribution in [0.3, 0.4) is 0 Å². The van der Waals surface area contributed by atoms with Crippen molar-refractivity contribution in [2.24, 2.45) is 0 Å². The fourth-order valence-corrected chi connectivity index (χ4v) is 2.00. The summed E-state index contributed by atoms with van der Waals surface area (Å²) in [6, 6.07) is 8.03. The Morgan fingerprint density at radius 3 is 2.65 bits per heavy atom. The standard InChI is InChI=1S/C16H23N3O/c1-4-9-17-16(11-20-12(2)3)15-10-18-13-7-5-6-8-14(13)19-15/h5-8,10,12,16-17H,4,9,11H2,1-3H3. The van der Waals surface area contributed by atoms with Gasteiger partial charge in [0.2, 0.25) is 0 Å². The van der Waals surface area contributed by atoms with E-state index in [2.05, 4.69) is 17.2 Å². The van der Waals surface area contributed by atoms with Gasteiger partial charge in [0.25, 0.3) is 0 Å². The second-order valence-corrected chi connectivity index (χ2v) is 5.17. The Kier molecular flexibility index (Phi) is 5.44. The molecule has 0 spiro atoms. The molecule has 0 aliphatic rings. The van der Waals surface area contributed by atoms with Crippen molar-refractivity contribution >= 4 is 11.0 Å². The molecule has 1 heterocycles. The summed E-state index contributed by atoms with van der Waals surface area (Å²) in [4.78, 5) is 9.18. The van der Waals surface area contributed by atoms with E-state index in [1.54, 1.807) is 0 Å². The Balaban J connectivity index is 2.19. The lowest BCUT2D eigenvalue weighted by atomic mass is 10.2. The first-order chi connectivity index (χ1) is 9.70. The average Bonchev–Trinajstić information content (AvgIpc) is 2.46. The largest absolute Gasteiger partial charge is 0.377 e. The molecule has 1 unspecified atom stereocenters. The van der Waals surface area contributed by atoms with E-state index in [-0.39, 0.29) is 12.1 Å². The Labute approximate surface area is 120 Å². The van der Waals surface area contributed by atoms with Crippen molar-refractivity contribution in [3.8, 4) is 0 Å². The number of nitrogens with one attached hydrogen (secondary N) is 1. The molecule has 2 aromatic rings. The number of hydrogen-bond donors (Lipinski definition) is 1. The van der Waals surface area contributed by atoms with Gasteiger partial charge in [0.05, 0.1) is 41.7 Å². The Morgan fingerprint density at radius 1 is 1.20 bits per heavy atom. The first-order valence-electron chi connectivity index (χ1n) is 7.27. The van der Waals surface area contributed by atoms with Crippen LogP contribution in [0.15, 0.2) is 30.5 Å². The van der Waals surface area contributed by atoms with E-state index in [1.165, 1.54) is 0 Å². The van der Waals surface area contributed by atoms with Crippen molar-refractivity contribution in [3.63, 3.8) is 0 Å². The summed E-state index contributed by atoms with van der Waals surface area (Å²) in [6.45, 7) is 7.80. The van der Waals surface area contributed by atoms with Crippen LogP contribution in [0.2, 0.25) is 0 Å². The maximum Gasteiger partial charge on any atom is 0.0890 e. The monoisotopic (exact) mass is 273 g/mol. The predicted octanol–water partition coefficient (Wildman–Crippen LogP) is 3.10. The molecule has 0 saturated carbocycles. The van der Waals surface area contributed by atoms with Gasteiger partial charge >= 0.3 is 0 Å². The van der Waals surface area contributed by atoms with Crippen LogP contribution in [-0.2, 0) is 4.74 Å². The number of ether oxygens (including phenoxy) is 1. The van der Waals surface area contributed by atoms with E-state index < -0.39 is 0 Å². The first kappa shape index (κ1) is 14.9. The van der Waals surface area contributed by atoms with Gasteiger partial charge in [-0.15, -0.1) is 0 Å². The topological polar surface area (TPSA) is 47.0 Å². The molecule has 0 radical (unpaired) electrons. The second-order valence-electron chi connectivity index (χ2n) is 5.17. The Hall–Kier alpha value is -1.52. The van der Waals surface area contributed by atoms with Gasteiger partial charge in [-0.05, 0) is 38.9 Å². The third kappa shape index (κ3) is 3.99. The molecule has 0 bridgehead atoms. The van der Waals surface area contributed by atoms with Crippen molar-refractivity contribution in [2.45, 2.75) is 39.3 Å². The molecular weight excluding hydrogens is 250 g/mol. The lowest BCUT2D eigenvalue weighted by molar-refractivity contribution is 0.0603. The van der Waals surface area contributed by atoms with E-state index in [0.717, 1.165) is 29.7 Å². The van der Waals surface area contributed by atoms with Gasteiger partial charge < -0.3 is 10.1 Å². The highest BCUT2D eigenvalue weighted by Gasteiger charge is 2.14. The fourth-order valence-electron chi connectivity index (χ4n) is 2.00. The quantitative estimate of drug-likeness (QED) is 0.842. The van der Waals surface area contributed by atoms with Crippen LogP contribution in [0.5, 0.6) is 0 Å². The van der Waals surface area contributed by atoms with Crippen LogP contribution < -0.4 is 5.32 Å². The third-order valence-electron chi connectivity index (χ3n) is 3.06. The van der Waals surface area contributed by atoms with Crippen LogP contribution in [0, 0.1) is 0 Å². The van der Waals surface area contributed by atoms with Crippen molar-refractivity contribution in [3.05, 3.63) is 36.2 Å². The Bertz CT molecular complexity index is 542. The number of fused-ring (bicyclic) bond motifs is 1. The van der Waals surface area contributed by atoms with E-state index in [1.807, 2.05) is 44.3 Å². The lowest BCUT2D eigenvalue weighted by Crippen LogP contribution is -2.28. The summed E-state index contributed by atoms with van der Waals surface area (Å²) in [7, 11) is 0. The van der Waals surface area contributed by atoms with Crippen molar-refractivity contribution in [2.75, 3.05) is 13.2 Å². The molecule has 1 N–H and O–H groups in total. The van der Waals surface area contributed by atoms with Crippen molar-refractivity contribution in [1.29, 1.82) is 0 Å². The minimum Gasteiger partial charge on any atom is -0.377 e. The third-order valence-corrected chi connectivity index (χ3v) is 3.06. The average molecular weight is 273 g/mol. The number of hydrogen-bond acceptors (Lipinski definition) is 4. The van der Waals surface area contributed by atoms with Crippen molar-refractivity contribution in [1.82, 2.24) is 15.3 Å². The fraction of sp³-hybridized carbons (Fsp3) is 0.500. The lowest BCUT2D eigenvalue weighted by Gasteiger charge is -2.19. The SMILES string of the molecule is CCCNC(COC(C)C)c1cnc2ccccc2n1. The summed E-state index contributed by atoms with van der Waals surface area (Å²) in [5.41, 5.74) is 2.80. The molecular formula is C16H23N3O. The normalized spacial score (nSPS) is 13.0. The van der Waals surface area contributed by atoms with Gasteiger partial charge in [0.1, 0.15) is 0 Å². The molecule has 1 aromatic carbocycles. The van der Waals surface area contributed by atoms with Gasteiger partial charge in [-0.2, -0.15) is 0 Å². The molecule has 2 rings (SSSR count). The molecule has 0 amide bonds. The number of nitrogens with zero attached hydrogens (tertiary/aromatic N) is 2. The van der Waals surface area contributed by atoms with E-state index in [0.29, 0.717) is 6.61 Å². The van der Waals surface area contributed by atoms with Crippen LogP contribution in [0.25, 0.3) is 11.0 Å². The molecule has 1 atom stereocenters. The number of rotatable bonds is 7. The smallest absolute Gasteiger partial charge is 0.0890 e. The van der Waals surface area contributed by atoms with Crippen LogP contribution in [0.1, 0.15) is 38.9 Å². The molecule has 4 nitrogen and oxygen atoms in total. The molecule has 20 heavy (non-hydrogen) atoms. The summed E-state index contributed by atoms with van der Waals surface area (Å²) in [5, 5.41) is 3.48. The molecule has 0 saturated heterocycles. The van der Waals surface area contributed by atoms with E-state index in [4.69, 9.17) is 9.72 Å². The summed E-state index contributed by atoms with van der Waals surface area (Å²) in [6.07, 6.45) is 3.15. The highest BCUT2D eigenvalue weighted by Crippen LogP contribution is 2.15. The first-order valence-corrected chi connectivity index (χ1v) is 7.27. The van der Waals surface area contributed by atoms with Gasteiger partial charge in [0.15, 0.2) is 0 Å². The number of benzene rings is 1. The maximum absolute atomic E-state index is 5.74. The van der Waals surface area contributed by atoms with Gasteiger partial charge in [-0.1, -0.05) is 19.1 Å². The zero-order valence-corrected chi connectivity index (χ0v) is 12.5. The number of para-hydroxylation sites is 2. The van der Waals surface area contributed by atoms with Crippen molar-refractivity contribution < 1.29 is 4.74 Å². The molecule has 108 valence electrons. The van der Waals surface area contributed by atoms with E-state index in [9.17, 15) is 0 Å². The van der Waals surface area contributed by atoms with Gasteiger partial charge in [0, 0.05) is 0 Å². The molecule has 1 aromatic heterocycles. The summed E-state index contributed by atoms with van der Waals surface area (Å²) >= 11 is 0. The minimum atomic E-state index is 0.0921. The predicted molar refractivity (Wildman–Crippen MR) is 81.7 cm³/mol. The van der Waals surface area contributed by atoms with Crippen LogP contribution >= 0.6 is 0 Å². The highest BCUT2D eigenvalue weighted by atomic mass is 16.5. The Morgan fingerprint density at radius 2 is 1.95 bits per heavy atom. The zero-order valence-electron chi connectivity index (χ0n) is 12.5.